The second kappa shape index (κ2) is 6.80. The Morgan fingerprint density at radius 1 is 1.12 bits per heavy atom. The molecule has 1 fully saturated rings. The lowest BCUT2D eigenvalue weighted by Crippen LogP contribution is -2.53. The minimum absolute atomic E-state index is 0.00132. The monoisotopic (exact) mass is 345 g/mol. The molecule has 2 rings (SSSR count). The quantitative estimate of drug-likeness (QED) is 0.829. The summed E-state index contributed by atoms with van der Waals surface area (Å²) in [5, 5.41) is 12.2. The average Bonchev–Trinajstić information content (AvgIpc) is 3.02. The van der Waals surface area contributed by atoms with Crippen molar-refractivity contribution in [3.8, 4) is 17.2 Å². The van der Waals surface area contributed by atoms with E-state index in [4.69, 9.17) is 14.2 Å². The molecule has 1 aromatic carbocycles. The first kappa shape index (κ1) is 18.3. The van der Waals surface area contributed by atoms with E-state index in [1.165, 1.54) is 33.5 Å². The Kier molecular flexibility index (Phi) is 5.17. The van der Waals surface area contributed by atoms with Gasteiger partial charge in [-0.15, -0.1) is 0 Å². The van der Waals surface area contributed by atoms with E-state index in [0.29, 0.717) is 18.6 Å². The van der Waals surface area contributed by atoms with Gasteiger partial charge in [0.15, 0.2) is 11.5 Å². The molecule has 2 N–H and O–H groups in total. The third kappa shape index (κ3) is 2.98. The number of anilines is 1. The number of hydrogen-bond donors (Lipinski definition) is 2. The first-order chi connectivity index (χ1) is 11.3. The molecule has 0 spiro atoms. The first-order valence-electron chi connectivity index (χ1n) is 7.51. The lowest BCUT2D eigenvalue weighted by Gasteiger charge is -2.31. The van der Waals surface area contributed by atoms with Crippen molar-refractivity contribution in [2.75, 3.05) is 26.6 Å². The summed E-state index contributed by atoms with van der Waals surface area (Å²) in [6.07, 6.45) is 0.686. The van der Waals surface area contributed by atoms with Crippen LogP contribution in [0.3, 0.4) is 0 Å². The number of carbonyl (C=O) groups excluding carboxylic acids is 1. The maximum Gasteiger partial charge on any atom is 0.352 e. The van der Waals surface area contributed by atoms with Crippen LogP contribution in [0.2, 0.25) is 0 Å². The molecular weight excluding hydrogens is 324 g/mol. The number of halogens is 2. The van der Waals surface area contributed by atoms with Crippen LogP contribution in [0, 0.1) is 0 Å². The fourth-order valence-electron chi connectivity index (χ4n) is 2.89. The van der Waals surface area contributed by atoms with Gasteiger partial charge in [-0.25, -0.2) is 0 Å². The van der Waals surface area contributed by atoms with Gasteiger partial charge >= 0.3 is 5.92 Å². The van der Waals surface area contributed by atoms with E-state index in [1.807, 2.05) is 0 Å². The van der Waals surface area contributed by atoms with E-state index >= 15 is 0 Å². The summed E-state index contributed by atoms with van der Waals surface area (Å²) in [6, 6.07) is 2.83. The molecule has 6 nitrogen and oxygen atoms in total. The van der Waals surface area contributed by atoms with E-state index in [1.54, 1.807) is 0 Å². The van der Waals surface area contributed by atoms with Crippen LogP contribution >= 0.6 is 0 Å². The van der Waals surface area contributed by atoms with Gasteiger partial charge in [0.25, 0.3) is 5.91 Å². The molecule has 1 saturated carbocycles. The highest BCUT2D eigenvalue weighted by Gasteiger charge is 2.59. The van der Waals surface area contributed by atoms with Crippen molar-refractivity contribution in [3.05, 3.63) is 12.1 Å². The molecule has 0 saturated heterocycles. The summed E-state index contributed by atoms with van der Waals surface area (Å²) in [5.74, 6) is -4.95. The van der Waals surface area contributed by atoms with Gasteiger partial charge in [0.2, 0.25) is 5.75 Å². The Morgan fingerprint density at radius 3 is 2.21 bits per heavy atom. The van der Waals surface area contributed by atoms with E-state index in [9.17, 15) is 18.7 Å². The molecule has 0 aliphatic heterocycles. The lowest BCUT2D eigenvalue weighted by atomic mass is 9.93. The fraction of sp³-hybridized carbons (Fsp3) is 0.562. The van der Waals surface area contributed by atoms with Gasteiger partial charge in [-0.3, -0.25) is 4.79 Å². The number of aliphatic hydroxyl groups is 1. The standard InChI is InChI=1S/C16H21F2NO5/c1-22-11-7-6-10(12(23-2)13(11)24-3)19-14(20)16(17,18)15(21)8-4-5-9-15/h6-7,21H,4-5,8-9H2,1-3H3,(H,19,20). The van der Waals surface area contributed by atoms with Gasteiger partial charge in [-0.1, -0.05) is 12.8 Å². The second-order valence-electron chi connectivity index (χ2n) is 5.65. The van der Waals surface area contributed by atoms with Gasteiger partial charge in [0.1, 0.15) is 5.60 Å². The highest BCUT2D eigenvalue weighted by molar-refractivity contribution is 5.98. The Hall–Kier alpha value is -2.09. The number of methoxy groups -OCH3 is 3. The average molecular weight is 345 g/mol. The van der Waals surface area contributed by atoms with Crippen LogP contribution in [-0.4, -0.2) is 43.9 Å². The Morgan fingerprint density at radius 2 is 1.71 bits per heavy atom. The Bertz CT molecular complexity index is 615. The zero-order valence-corrected chi connectivity index (χ0v) is 13.8. The number of rotatable bonds is 6. The maximum absolute atomic E-state index is 14.4. The number of amides is 1. The van der Waals surface area contributed by atoms with Crippen LogP contribution in [0.5, 0.6) is 17.2 Å². The summed E-state index contributed by atoms with van der Waals surface area (Å²) < 4.78 is 44.2. The van der Waals surface area contributed by atoms with Gasteiger partial charge in [-0.05, 0) is 25.0 Å². The van der Waals surface area contributed by atoms with Crippen LogP contribution in [0.1, 0.15) is 25.7 Å². The van der Waals surface area contributed by atoms with Gasteiger partial charge in [0.05, 0.1) is 27.0 Å². The van der Waals surface area contributed by atoms with Crippen LogP contribution in [0.4, 0.5) is 14.5 Å². The predicted octanol–water partition coefficient (Wildman–Crippen LogP) is 2.59. The number of benzene rings is 1. The zero-order valence-electron chi connectivity index (χ0n) is 13.8. The van der Waals surface area contributed by atoms with Crippen molar-refractivity contribution in [1.29, 1.82) is 0 Å². The molecule has 8 heteroatoms. The van der Waals surface area contributed by atoms with Crippen molar-refractivity contribution in [1.82, 2.24) is 0 Å². The fourth-order valence-corrected chi connectivity index (χ4v) is 2.89. The zero-order chi connectivity index (χ0) is 18.0. The smallest absolute Gasteiger partial charge is 0.352 e. The summed E-state index contributed by atoms with van der Waals surface area (Å²) in [4.78, 5) is 12.1. The molecule has 134 valence electrons. The number of nitrogens with one attached hydrogen (secondary N) is 1. The molecule has 24 heavy (non-hydrogen) atoms. The third-order valence-electron chi connectivity index (χ3n) is 4.25. The second-order valence-corrected chi connectivity index (χ2v) is 5.65. The molecule has 0 heterocycles. The number of ether oxygens (including phenoxy) is 3. The van der Waals surface area contributed by atoms with E-state index in [-0.39, 0.29) is 30.0 Å². The molecule has 1 aliphatic rings. The summed E-state index contributed by atoms with van der Waals surface area (Å²) in [5.41, 5.74) is -2.32. The molecular formula is C16H21F2NO5. The van der Waals surface area contributed by atoms with E-state index in [2.05, 4.69) is 5.32 Å². The Labute approximate surface area is 138 Å². The minimum Gasteiger partial charge on any atom is -0.493 e. The van der Waals surface area contributed by atoms with E-state index in [0.717, 1.165) is 0 Å². The van der Waals surface area contributed by atoms with Gasteiger partial charge < -0.3 is 24.6 Å². The third-order valence-corrected chi connectivity index (χ3v) is 4.25. The molecule has 1 aliphatic carbocycles. The topological polar surface area (TPSA) is 77.0 Å². The normalized spacial score (nSPS) is 16.6. The molecule has 0 unspecified atom stereocenters. The highest BCUT2D eigenvalue weighted by Crippen LogP contribution is 2.45. The number of alkyl halides is 2. The van der Waals surface area contributed by atoms with Gasteiger partial charge in [-0.2, -0.15) is 8.78 Å². The SMILES string of the molecule is COc1ccc(NC(=O)C(F)(F)C2(O)CCCC2)c(OC)c1OC. The van der Waals surface area contributed by atoms with Crippen molar-refractivity contribution >= 4 is 11.6 Å². The number of hydrogen-bond acceptors (Lipinski definition) is 5. The molecule has 0 atom stereocenters. The molecule has 0 aromatic heterocycles. The summed E-state index contributed by atoms with van der Waals surface area (Å²) in [7, 11) is 4.09. The largest absolute Gasteiger partial charge is 0.493 e. The number of carbonyl (C=O) groups is 1. The maximum atomic E-state index is 14.4. The van der Waals surface area contributed by atoms with Crippen molar-refractivity contribution in [2.45, 2.75) is 37.2 Å². The first-order valence-corrected chi connectivity index (χ1v) is 7.51. The highest BCUT2D eigenvalue weighted by atomic mass is 19.3. The van der Waals surface area contributed by atoms with Crippen LogP contribution in [-0.2, 0) is 4.79 Å². The Balaban J connectivity index is 2.32. The molecule has 0 radical (unpaired) electrons. The molecule has 1 amide bonds. The van der Waals surface area contributed by atoms with Crippen molar-refractivity contribution in [3.63, 3.8) is 0 Å². The minimum atomic E-state index is -3.92. The van der Waals surface area contributed by atoms with Crippen molar-refractivity contribution < 1.29 is 32.9 Å². The summed E-state index contributed by atoms with van der Waals surface area (Å²) in [6.45, 7) is 0. The molecule has 1 aromatic rings. The lowest BCUT2D eigenvalue weighted by molar-refractivity contribution is -0.185. The van der Waals surface area contributed by atoms with Gasteiger partial charge in [0, 0.05) is 0 Å². The van der Waals surface area contributed by atoms with Crippen LogP contribution in [0.15, 0.2) is 12.1 Å². The van der Waals surface area contributed by atoms with E-state index < -0.39 is 17.4 Å². The molecule has 0 bridgehead atoms. The summed E-state index contributed by atoms with van der Waals surface area (Å²) >= 11 is 0. The van der Waals surface area contributed by atoms with Crippen molar-refractivity contribution in [2.24, 2.45) is 0 Å². The predicted molar refractivity (Wildman–Crippen MR) is 83.1 cm³/mol. The van der Waals surface area contributed by atoms with Crippen LogP contribution < -0.4 is 19.5 Å². The van der Waals surface area contributed by atoms with Crippen LogP contribution in [0.25, 0.3) is 0 Å².